The fourth-order valence-electron chi connectivity index (χ4n) is 3.25. The number of carbonyl (C=O) groups excluding carboxylic acids is 1. The minimum Gasteiger partial charge on any atom is -0.506 e. The molecule has 27 heavy (non-hydrogen) atoms. The van der Waals surface area contributed by atoms with Crippen molar-refractivity contribution in [3.05, 3.63) is 53.7 Å². The molecule has 0 fully saturated rings. The maximum Gasteiger partial charge on any atom is 0.255 e. The lowest BCUT2D eigenvalue weighted by Crippen LogP contribution is -2.31. The molecule has 1 aliphatic rings. The molecule has 3 heterocycles. The number of aromatic hydroxyl groups is 1. The van der Waals surface area contributed by atoms with Gasteiger partial charge in [-0.3, -0.25) is 9.78 Å². The van der Waals surface area contributed by atoms with Crippen LogP contribution in [0.3, 0.4) is 0 Å². The largest absolute Gasteiger partial charge is 0.506 e. The van der Waals surface area contributed by atoms with E-state index in [2.05, 4.69) is 20.6 Å². The van der Waals surface area contributed by atoms with E-state index in [1.54, 1.807) is 24.4 Å². The Kier molecular flexibility index (Phi) is 4.15. The number of benzene rings is 1. The first-order valence-electron chi connectivity index (χ1n) is 8.36. The van der Waals surface area contributed by atoms with Crippen molar-refractivity contribution >= 4 is 17.3 Å². The number of hydrogen-bond donors (Lipinski definition) is 4. The van der Waals surface area contributed by atoms with E-state index in [9.17, 15) is 14.3 Å². The van der Waals surface area contributed by atoms with Crippen LogP contribution in [-0.4, -0.2) is 34.6 Å². The average Bonchev–Trinajstić information content (AvgIpc) is 3.02. The third kappa shape index (κ3) is 2.84. The van der Waals surface area contributed by atoms with Gasteiger partial charge < -0.3 is 25.5 Å². The number of aromatic amines is 1. The molecule has 4 N–H and O–H groups in total. The topological polar surface area (TPSA) is 99.3 Å². The number of ether oxygens (including phenoxy) is 1. The number of fused-ring (bicyclic) bond motifs is 1. The summed E-state index contributed by atoms with van der Waals surface area (Å²) in [6.07, 6.45) is 3.48. The number of aromatic nitrogens is 2. The van der Waals surface area contributed by atoms with Gasteiger partial charge in [-0.15, -0.1) is 0 Å². The summed E-state index contributed by atoms with van der Waals surface area (Å²) >= 11 is 0. The number of pyridine rings is 1. The Morgan fingerprint density at radius 3 is 2.96 bits per heavy atom. The van der Waals surface area contributed by atoms with E-state index in [0.29, 0.717) is 41.2 Å². The van der Waals surface area contributed by atoms with Gasteiger partial charge in [-0.05, 0) is 18.2 Å². The second-order valence-electron chi connectivity index (χ2n) is 6.07. The maximum atomic E-state index is 14.1. The van der Waals surface area contributed by atoms with Crippen molar-refractivity contribution in [3.63, 3.8) is 0 Å². The molecule has 0 unspecified atom stereocenters. The van der Waals surface area contributed by atoms with E-state index < -0.39 is 5.82 Å². The zero-order valence-corrected chi connectivity index (χ0v) is 14.5. The fourth-order valence-corrected chi connectivity index (χ4v) is 3.25. The highest BCUT2D eigenvalue weighted by Gasteiger charge is 2.28. The van der Waals surface area contributed by atoms with Crippen molar-refractivity contribution < 1.29 is 19.0 Å². The monoisotopic (exact) mass is 368 g/mol. The molecule has 0 atom stereocenters. The number of halogens is 1. The van der Waals surface area contributed by atoms with E-state index in [1.165, 1.54) is 19.4 Å². The molecule has 0 bridgehead atoms. The molecular formula is C19H17FN4O3. The third-order valence-electron chi connectivity index (χ3n) is 4.47. The summed E-state index contributed by atoms with van der Waals surface area (Å²) in [7, 11) is 1.37. The van der Waals surface area contributed by atoms with E-state index in [4.69, 9.17) is 4.74 Å². The number of H-pyrrole nitrogens is 1. The summed E-state index contributed by atoms with van der Waals surface area (Å²) in [5.41, 5.74) is 2.97. The van der Waals surface area contributed by atoms with Crippen molar-refractivity contribution in [2.45, 2.75) is 6.42 Å². The molecule has 0 radical (unpaired) electrons. The van der Waals surface area contributed by atoms with Crippen molar-refractivity contribution in [3.8, 4) is 22.8 Å². The number of para-hydroxylation sites is 1. The number of hydrogen-bond acceptors (Lipinski definition) is 5. The van der Waals surface area contributed by atoms with Crippen LogP contribution in [0, 0.1) is 5.82 Å². The second-order valence-corrected chi connectivity index (χ2v) is 6.07. The zero-order valence-electron chi connectivity index (χ0n) is 14.5. The van der Waals surface area contributed by atoms with E-state index >= 15 is 0 Å². The van der Waals surface area contributed by atoms with Crippen LogP contribution >= 0.6 is 0 Å². The summed E-state index contributed by atoms with van der Waals surface area (Å²) in [6.45, 7) is 0.511. The molecule has 7 nitrogen and oxygen atoms in total. The quantitative estimate of drug-likeness (QED) is 0.567. The van der Waals surface area contributed by atoms with Gasteiger partial charge in [0.05, 0.1) is 35.9 Å². The van der Waals surface area contributed by atoms with Crippen LogP contribution < -0.4 is 15.4 Å². The number of methoxy groups -OCH3 is 1. The van der Waals surface area contributed by atoms with Gasteiger partial charge >= 0.3 is 0 Å². The predicted molar refractivity (Wildman–Crippen MR) is 98.0 cm³/mol. The van der Waals surface area contributed by atoms with Crippen molar-refractivity contribution in [2.75, 3.05) is 19.0 Å². The molecule has 0 saturated carbocycles. The summed E-state index contributed by atoms with van der Waals surface area (Å²) in [5.74, 6) is -0.769. The lowest BCUT2D eigenvalue weighted by molar-refractivity contribution is 0.0947. The van der Waals surface area contributed by atoms with Crippen LogP contribution in [0.5, 0.6) is 11.5 Å². The molecular weight excluding hydrogens is 351 g/mol. The average molecular weight is 368 g/mol. The highest BCUT2D eigenvalue weighted by atomic mass is 19.1. The van der Waals surface area contributed by atoms with Crippen LogP contribution in [0.2, 0.25) is 0 Å². The van der Waals surface area contributed by atoms with Gasteiger partial charge in [-0.2, -0.15) is 0 Å². The van der Waals surface area contributed by atoms with Crippen LogP contribution in [0.15, 0.2) is 36.7 Å². The van der Waals surface area contributed by atoms with Gasteiger partial charge in [0.2, 0.25) is 0 Å². The normalized spacial score (nSPS) is 13.0. The Balaban J connectivity index is 1.91. The molecule has 0 aliphatic carbocycles. The highest BCUT2D eigenvalue weighted by Crippen LogP contribution is 2.41. The first-order chi connectivity index (χ1) is 13.1. The minimum atomic E-state index is -0.523. The lowest BCUT2D eigenvalue weighted by atomic mass is 10.0. The minimum absolute atomic E-state index is 0.0357. The molecule has 1 aliphatic heterocycles. The lowest BCUT2D eigenvalue weighted by Gasteiger charge is -2.16. The molecule has 1 amide bonds. The Morgan fingerprint density at radius 2 is 2.19 bits per heavy atom. The maximum absolute atomic E-state index is 14.1. The zero-order chi connectivity index (χ0) is 19.0. The van der Waals surface area contributed by atoms with Gasteiger partial charge in [-0.1, -0.05) is 6.07 Å². The number of nitrogens with one attached hydrogen (secondary N) is 3. The van der Waals surface area contributed by atoms with Crippen molar-refractivity contribution in [1.29, 1.82) is 0 Å². The number of rotatable bonds is 4. The van der Waals surface area contributed by atoms with Crippen LogP contribution in [0.25, 0.3) is 11.3 Å². The second kappa shape index (κ2) is 6.64. The highest BCUT2D eigenvalue weighted by molar-refractivity contribution is 6.06. The Hall–Kier alpha value is -3.55. The molecule has 3 aromatic rings. The molecule has 2 aromatic heterocycles. The standard InChI is InChI=1S/C19H17FN4O3/c1-27-18-11(20)3-2-4-13(18)24-17-15-12(6-8-22-19(15)26)23-16(17)10-5-7-21-9-14(10)25/h2-5,7,9,23-25H,6,8H2,1H3,(H,22,26). The molecule has 138 valence electrons. The summed E-state index contributed by atoms with van der Waals surface area (Å²) in [4.78, 5) is 19.6. The van der Waals surface area contributed by atoms with Gasteiger partial charge in [0.15, 0.2) is 11.6 Å². The summed E-state index contributed by atoms with van der Waals surface area (Å²) < 4.78 is 19.2. The van der Waals surface area contributed by atoms with Crippen LogP contribution in [0.1, 0.15) is 16.1 Å². The molecule has 1 aromatic carbocycles. The SMILES string of the molecule is COc1c(F)cccc1Nc1c(-c2ccncc2O)[nH]c2c1C(=O)NCC2. The summed E-state index contributed by atoms with van der Waals surface area (Å²) in [6, 6.07) is 6.12. The van der Waals surface area contributed by atoms with Crippen LogP contribution in [-0.2, 0) is 6.42 Å². The third-order valence-corrected chi connectivity index (χ3v) is 4.47. The van der Waals surface area contributed by atoms with Crippen molar-refractivity contribution in [1.82, 2.24) is 15.3 Å². The van der Waals surface area contributed by atoms with E-state index in [1.807, 2.05) is 0 Å². The number of nitrogens with zero attached hydrogens (tertiary/aromatic N) is 1. The smallest absolute Gasteiger partial charge is 0.255 e. The molecule has 4 rings (SSSR count). The Morgan fingerprint density at radius 1 is 1.33 bits per heavy atom. The van der Waals surface area contributed by atoms with Gasteiger partial charge in [0, 0.05) is 30.4 Å². The fraction of sp³-hybridized carbons (Fsp3) is 0.158. The van der Waals surface area contributed by atoms with Gasteiger partial charge in [0.25, 0.3) is 5.91 Å². The Labute approximate surface area is 154 Å². The molecule has 0 saturated heterocycles. The number of carbonyl (C=O) groups is 1. The summed E-state index contributed by atoms with van der Waals surface area (Å²) in [5, 5.41) is 16.1. The number of amides is 1. The first kappa shape index (κ1) is 16.9. The van der Waals surface area contributed by atoms with Gasteiger partial charge in [-0.25, -0.2) is 4.39 Å². The molecule has 0 spiro atoms. The number of anilines is 2. The van der Waals surface area contributed by atoms with Gasteiger partial charge in [0.1, 0.15) is 5.75 Å². The predicted octanol–water partition coefficient (Wildman–Crippen LogP) is 2.96. The first-order valence-corrected chi connectivity index (χ1v) is 8.36. The molecule has 8 heteroatoms. The van der Waals surface area contributed by atoms with Crippen LogP contribution in [0.4, 0.5) is 15.8 Å². The van der Waals surface area contributed by atoms with Crippen molar-refractivity contribution in [2.24, 2.45) is 0 Å². The van der Waals surface area contributed by atoms with E-state index in [-0.39, 0.29) is 17.4 Å². The van der Waals surface area contributed by atoms with E-state index in [0.717, 1.165) is 5.69 Å². The Bertz CT molecular complexity index is 1030.